The summed E-state index contributed by atoms with van der Waals surface area (Å²) >= 11 is 0. The van der Waals surface area contributed by atoms with Gasteiger partial charge < -0.3 is 15.4 Å². The second-order valence-corrected chi connectivity index (χ2v) is 5.03. The monoisotopic (exact) mass is 216 g/mol. The maximum absolute atomic E-state index is 11.2. The van der Waals surface area contributed by atoms with Crippen LogP contribution in [0.15, 0.2) is 0 Å². The molecule has 90 valence electrons. The Balaban J connectivity index is 4.09. The number of hydrogen-bond donors (Lipinski definition) is 2. The number of nitrogens with one attached hydrogen (secondary N) is 2. The normalized spacial score (nSPS) is 12.7. The fourth-order valence-electron chi connectivity index (χ4n) is 0.974. The largest absolute Gasteiger partial charge is 0.373 e. The third-order valence-corrected chi connectivity index (χ3v) is 2.37. The first-order valence-electron chi connectivity index (χ1n) is 5.26. The predicted molar refractivity (Wildman–Crippen MR) is 61.9 cm³/mol. The van der Waals surface area contributed by atoms with Gasteiger partial charge in [0.15, 0.2) is 0 Å². The number of ether oxygens (including phenoxy) is 1. The molecular formula is C11H24N2O2. The van der Waals surface area contributed by atoms with Crippen molar-refractivity contribution in [1.29, 1.82) is 0 Å². The molecule has 0 heterocycles. The number of hydrogen-bond acceptors (Lipinski definition) is 3. The van der Waals surface area contributed by atoms with Gasteiger partial charge in [-0.05, 0) is 34.7 Å². The Morgan fingerprint density at radius 1 is 1.20 bits per heavy atom. The molecule has 0 fully saturated rings. The fourth-order valence-corrected chi connectivity index (χ4v) is 0.974. The highest BCUT2D eigenvalue weighted by atomic mass is 16.5. The van der Waals surface area contributed by atoms with Gasteiger partial charge in [0, 0.05) is 12.6 Å². The lowest BCUT2D eigenvalue weighted by Crippen LogP contribution is -2.44. The Hall–Kier alpha value is -0.610. The number of rotatable bonds is 6. The first-order valence-corrected chi connectivity index (χ1v) is 5.26. The molecule has 0 aliphatic carbocycles. The molecule has 0 bridgehead atoms. The molecule has 0 aromatic rings. The van der Waals surface area contributed by atoms with Crippen molar-refractivity contribution in [3.05, 3.63) is 0 Å². The highest BCUT2D eigenvalue weighted by Gasteiger charge is 2.25. The van der Waals surface area contributed by atoms with Crippen molar-refractivity contribution in [2.24, 2.45) is 0 Å². The van der Waals surface area contributed by atoms with Crippen molar-refractivity contribution >= 4 is 5.91 Å². The molecule has 4 heteroatoms. The number of amides is 1. The Kier molecular flexibility index (Phi) is 5.24. The third kappa shape index (κ3) is 6.47. The van der Waals surface area contributed by atoms with E-state index in [1.54, 1.807) is 7.05 Å². The summed E-state index contributed by atoms with van der Waals surface area (Å²) < 4.78 is 5.73. The zero-order valence-corrected chi connectivity index (χ0v) is 10.7. The summed E-state index contributed by atoms with van der Waals surface area (Å²) in [6.07, 6.45) is 0.378. The van der Waals surface area contributed by atoms with Crippen LogP contribution < -0.4 is 10.6 Å². The molecule has 4 nitrogen and oxygen atoms in total. The maximum Gasteiger partial charge on any atom is 0.222 e. The minimum absolute atomic E-state index is 0.00210. The minimum atomic E-state index is -0.422. The van der Waals surface area contributed by atoms with Gasteiger partial charge >= 0.3 is 0 Å². The van der Waals surface area contributed by atoms with Gasteiger partial charge in [0.25, 0.3) is 0 Å². The lowest BCUT2D eigenvalue weighted by atomic mass is 10.0. The topological polar surface area (TPSA) is 50.4 Å². The molecule has 0 unspecified atom stereocenters. The molecule has 0 radical (unpaired) electrons. The lowest BCUT2D eigenvalue weighted by Gasteiger charge is -2.31. The van der Waals surface area contributed by atoms with E-state index in [1.807, 2.05) is 20.9 Å². The quantitative estimate of drug-likeness (QED) is 0.694. The van der Waals surface area contributed by atoms with Crippen LogP contribution in [-0.2, 0) is 9.53 Å². The minimum Gasteiger partial charge on any atom is -0.373 e. The van der Waals surface area contributed by atoms with Crippen LogP contribution >= 0.6 is 0 Å². The zero-order valence-electron chi connectivity index (χ0n) is 10.7. The molecule has 0 aliphatic rings. The van der Waals surface area contributed by atoms with Crippen molar-refractivity contribution in [3.63, 3.8) is 0 Å². The lowest BCUT2D eigenvalue weighted by molar-refractivity contribution is -0.128. The van der Waals surface area contributed by atoms with Crippen LogP contribution in [0.1, 0.15) is 34.1 Å². The van der Waals surface area contributed by atoms with Gasteiger partial charge in [0.1, 0.15) is 0 Å². The molecule has 0 saturated carbocycles. The van der Waals surface area contributed by atoms with E-state index in [1.165, 1.54) is 0 Å². The SMILES string of the molecule is CNC(=O)CC(C)(C)OCC(C)(C)NC. The van der Waals surface area contributed by atoms with E-state index >= 15 is 0 Å². The van der Waals surface area contributed by atoms with E-state index in [0.29, 0.717) is 13.0 Å². The van der Waals surface area contributed by atoms with Crippen LogP contribution in [0.3, 0.4) is 0 Å². The molecule has 0 aromatic carbocycles. The predicted octanol–water partition coefficient (Wildman–Crippen LogP) is 0.916. The van der Waals surface area contributed by atoms with Gasteiger partial charge in [-0.2, -0.15) is 0 Å². The van der Waals surface area contributed by atoms with Crippen molar-refractivity contribution in [3.8, 4) is 0 Å². The zero-order chi connectivity index (χ0) is 12.1. The van der Waals surface area contributed by atoms with Crippen molar-refractivity contribution in [2.45, 2.75) is 45.3 Å². The van der Waals surface area contributed by atoms with E-state index < -0.39 is 5.60 Å². The Morgan fingerprint density at radius 3 is 2.13 bits per heavy atom. The van der Waals surface area contributed by atoms with Gasteiger partial charge in [0.2, 0.25) is 5.91 Å². The molecule has 0 aliphatic heterocycles. The number of carbonyl (C=O) groups is 1. The average Bonchev–Trinajstić information content (AvgIpc) is 2.14. The van der Waals surface area contributed by atoms with E-state index in [2.05, 4.69) is 24.5 Å². The van der Waals surface area contributed by atoms with Gasteiger partial charge in [-0.3, -0.25) is 4.79 Å². The summed E-state index contributed by atoms with van der Waals surface area (Å²) in [5.74, 6) is 0.00210. The second-order valence-electron chi connectivity index (χ2n) is 5.03. The second kappa shape index (κ2) is 5.47. The molecule has 0 saturated heterocycles. The van der Waals surface area contributed by atoms with E-state index in [-0.39, 0.29) is 11.4 Å². The molecule has 0 atom stereocenters. The van der Waals surface area contributed by atoms with Crippen molar-refractivity contribution < 1.29 is 9.53 Å². The summed E-state index contributed by atoms with van der Waals surface area (Å²) in [6.45, 7) is 8.54. The average molecular weight is 216 g/mol. The molecule has 2 N–H and O–H groups in total. The first-order chi connectivity index (χ1) is 6.72. The summed E-state index contributed by atoms with van der Waals surface area (Å²) in [5.41, 5.74) is -0.492. The number of likely N-dealkylation sites (N-methyl/N-ethyl adjacent to an activating group) is 1. The van der Waals surface area contributed by atoms with Gasteiger partial charge in [-0.15, -0.1) is 0 Å². The summed E-state index contributed by atoms with van der Waals surface area (Å²) in [5, 5.41) is 5.75. The van der Waals surface area contributed by atoms with Gasteiger partial charge in [0.05, 0.1) is 18.6 Å². The Morgan fingerprint density at radius 2 is 1.73 bits per heavy atom. The van der Waals surface area contributed by atoms with Crippen LogP contribution in [0.5, 0.6) is 0 Å². The summed E-state index contributed by atoms with van der Waals surface area (Å²) in [6, 6.07) is 0. The summed E-state index contributed by atoms with van der Waals surface area (Å²) in [7, 11) is 3.53. The molecular weight excluding hydrogens is 192 g/mol. The fraction of sp³-hybridized carbons (Fsp3) is 0.909. The van der Waals surface area contributed by atoms with Crippen LogP contribution in [0, 0.1) is 0 Å². The van der Waals surface area contributed by atoms with E-state index in [0.717, 1.165) is 0 Å². The highest BCUT2D eigenvalue weighted by molar-refractivity contribution is 5.76. The molecule has 0 aromatic heterocycles. The van der Waals surface area contributed by atoms with Crippen LogP contribution in [0.4, 0.5) is 0 Å². The highest BCUT2D eigenvalue weighted by Crippen LogP contribution is 2.16. The molecule has 15 heavy (non-hydrogen) atoms. The number of carbonyl (C=O) groups excluding carboxylic acids is 1. The van der Waals surface area contributed by atoms with Crippen LogP contribution in [0.25, 0.3) is 0 Å². The molecule has 1 amide bonds. The molecule has 0 rings (SSSR count). The summed E-state index contributed by atoms with van der Waals surface area (Å²) in [4.78, 5) is 11.2. The first kappa shape index (κ1) is 14.4. The van der Waals surface area contributed by atoms with Crippen molar-refractivity contribution in [2.75, 3.05) is 20.7 Å². The van der Waals surface area contributed by atoms with Crippen LogP contribution in [0.2, 0.25) is 0 Å². The standard InChI is InChI=1S/C11H24N2O2/c1-10(2,13-6)8-15-11(3,4)7-9(14)12-5/h13H,7-8H2,1-6H3,(H,12,14). The Bertz CT molecular complexity index is 213. The molecule has 0 spiro atoms. The van der Waals surface area contributed by atoms with Gasteiger partial charge in [-0.25, -0.2) is 0 Å². The smallest absolute Gasteiger partial charge is 0.222 e. The van der Waals surface area contributed by atoms with Crippen molar-refractivity contribution in [1.82, 2.24) is 10.6 Å². The van der Waals surface area contributed by atoms with Crippen LogP contribution in [-0.4, -0.2) is 37.7 Å². The third-order valence-electron chi connectivity index (χ3n) is 2.37. The van der Waals surface area contributed by atoms with E-state index in [9.17, 15) is 4.79 Å². The Labute approximate surface area is 92.8 Å². The van der Waals surface area contributed by atoms with E-state index in [4.69, 9.17) is 4.74 Å². The maximum atomic E-state index is 11.2. The van der Waals surface area contributed by atoms with Gasteiger partial charge in [-0.1, -0.05) is 0 Å².